The van der Waals surface area contributed by atoms with Crippen LogP contribution in [0, 0.1) is 17.1 Å². The highest BCUT2D eigenvalue weighted by molar-refractivity contribution is 5.53. The average Bonchev–Trinajstić information content (AvgIpc) is 2.49. The molecule has 2 rings (SSSR count). The summed E-state index contributed by atoms with van der Waals surface area (Å²) in [5, 5.41) is 9.00. The standard InChI is InChI=1S/C17H18FN3/c1-12(20)17(15-8-3-4-9-16(15)18)21(2)14-7-5-6-13(10-14)11-19/h3-10,12,17H,20H2,1-2H3. The molecule has 0 spiro atoms. The molecule has 0 aromatic heterocycles. The summed E-state index contributed by atoms with van der Waals surface area (Å²) >= 11 is 0. The van der Waals surface area contributed by atoms with Crippen LogP contribution in [0.2, 0.25) is 0 Å². The Hall–Kier alpha value is -2.38. The van der Waals surface area contributed by atoms with Gasteiger partial charge in [0, 0.05) is 24.3 Å². The Balaban J connectivity index is 2.43. The van der Waals surface area contributed by atoms with E-state index in [2.05, 4.69) is 6.07 Å². The van der Waals surface area contributed by atoms with Crippen molar-refractivity contribution in [1.29, 1.82) is 5.26 Å². The predicted molar refractivity (Wildman–Crippen MR) is 82.4 cm³/mol. The molecule has 0 fully saturated rings. The first-order valence-corrected chi connectivity index (χ1v) is 6.77. The minimum atomic E-state index is -0.305. The molecule has 2 aromatic rings. The second-order valence-electron chi connectivity index (χ2n) is 5.10. The zero-order valence-corrected chi connectivity index (χ0v) is 12.1. The summed E-state index contributed by atoms with van der Waals surface area (Å²) in [5.74, 6) is -0.275. The SMILES string of the molecule is CC(N)C(c1ccccc1F)N(C)c1cccc(C#N)c1. The van der Waals surface area contributed by atoms with Gasteiger partial charge in [0.25, 0.3) is 0 Å². The van der Waals surface area contributed by atoms with Crippen molar-refractivity contribution in [2.24, 2.45) is 5.73 Å². The maximum atomic E-state index is 14.1. The van der Waals surface area contributed by atoms with Crippen molar-refractivity contribution in [3.05, 3.63) is 65.5 Å². The van der Waals surface area contributed by atoms with Crippen LogP contribution in [0.1, 0.15) is 24.1 Å². The van der Waals surface area contributed by atoms with Gasteiger partial charge in [-0.25, -0.2) is 4.39 Å². The maximum Gasteiger partial charge on any atom is 0.128 e. The molecule has 3 nitrogen and oxygen atoms in total. The van der Waals surface area contributed by atoms with Gasteiger partial charge in [-0.2, -0.15) is 5.26 Å². The molecule has 0 aliphatic heterocycles. The van der Waals surface area contributed by atoms with Gasteiger partial charge in [0.05, 0.1) is 17.7 Å². The zero-order chi connectivity index (χ0) is 15.4. The van der Waals surface area contributed by atoms with Crippen LogP contribution in [-0.2, 0) is 0 Å². The Kier molecular flexibility index (Phi) is 4.56. The molecule has 0 radical (unpaired) electrons. The molecule has 0 saturated heterocycles. The smallest absolute Gasteiger partial charge is 0.128 e. The molecule has 0 aliphatic carbocycles. The van der Waals surface area contributed by atoms with E-state index in [1.807, 2.05) is 31.0 Å². The van der Waals surface area contributed by atoms with E-state index < -0.39 is 0 Å². The minimum absolute atomic E-state index is 0.266. The van der Waals surface area contributed by atoms with E-state index >= 15 is 0 Å². The first-order chi connectivity index (χ1) is 10.0. The highest BCUT2D eigenvalue weighted by atomic mass is 19.1. The summed E-state index contributed by atoms with van der Waals surface area (Å²) in [5.41, 5.74) is 8.03. The number of hydrogen-bond donors (Lipinski definition) is 1. The second kappa shape index (κ2) is 6.38. The molecule has 0 bridgehead atoms. The third-order valence-electron chi connectivity index (χ3n) is 3.52. The molecule has 0 saturated carbocycles. The summed E-state index contributed by atoms with van der Waals surface area (Å²) in [6, 6.07) is 15.4. The molecule has 4 heteroatoms. The normalized spacial score (nSPS) is 13.3. The summed E-state index contributed by atoms with van der Waals surface area (Å²) < 4.78 is 14.1. The quantitative estimate of drug-likeness (QED) is 0.937. The van der Waals surface area contributed by atoms with Crippen LogP contribution >= 0.6 is 0 Å². The lowest BCUT2D eigenvalue weighted by Crippen LogP contribution is -2.38. The minimum Gasteiger partial charge on any atom is -0.366 e. The Morgan fingerprint density at radius 1 is 1.19 bits per heavy atom. The average molecular weight is 283 g/mol. The first-order valence-electron chi connectivity index (χ1n) is 6.77. The predicted octanol–water partition coefficient (Wildman–Crippen LogP) is 3.22. The van der Waals surface area contributed by atoms with E-state index in [9.17, 15) is 4.39 Å². The van der Waals surface area contributed by atoms with Gasteiger partial charge < -0.3 is 10.6 Å². The van der Waals surface area contributed by atoms with E-state index in [-0.39, 0.29) is 17.9 Å². The molecule has 108 valence electrons. The molecule has 21 heavy (non-hydrogen) atoms. The molecule has 2 unspecified atom stereocenters. The zero-order valence-electron chi connectivity index (χ0n) is 12.1. The van der Waals surface area contributed by atoms with Crippen LogP contribution in [0.4, 0.5) is 10.1 Å². The van der Waals surface area contributed by atoms with E-state index in [0.29, 0.717) is 11.1 Å². The molecular formula is C17H18FN3. The Morgan fingerprint density at radius 3 is 2.52 bits per heavy atom. The molecule has 2 N–H and O–H groups in total. The summed E-state index contributed by atoms with van der Waals surface area (Å²) in [4.78, 5) is 1.91. The van der Waals surface area contributed by atoms with Crippen LogP contribution in [0.25, 0.3) is 0 Å². The fraction of sp³-hybridized carbons (Fsp3) is 0.235. The highest BCUT2D eigenvalue weighted by Gasteiger charge is 2.24. The second-order valence-corrected chi connectivity index (χ2v) is 5.10. The molecule has 0 amide bonds. The van der Waals surface area contributed by atoms with Crippen molar-refractivity contribution in [2.75, 3.05) is 11.9 Å². The molecule has 2 aromatic carbocycles. The summed E-state index contributed by atoms with van der Waals surface area (Å²) in [7, 11) is 1.86. The van der Waals surface area contributed by atoms with Gasteiger partial charge >= 0.3 is 0 Å². The third-order valence-corrected chi connectivity index (χ3v) is 3.52. The topological polar surface area (TPSA) is 53.0 Å². The third kappa shape index (κ3) is 3.21. The largest absolute Gasteiger partial charge is 0.366 e. The van der Waals surface area contributed by atoms with Crippen LogP contribution in [-0.4, -0.2) is 13.1 Å². The number of likely N-dealkylation sites (N-methyl/N-ethyl adjacent to an activating group) is 1. The first kappa shape index (κ1) is 15.0. The number of hydrogen-bond acceptors (Lipinski definition) is 3. The van der Waals surface area contributed by atoms with Crippen molar-refractivity contribution in [3.63, 3.8) is 0 Å². The van der Waals surface area contributed by atoms with Crippen LogP contribution in [0.15, 0.2) is 48.5 Å². The van der Waals surface area contributed by atoms with Crippen molar-refractivity contribution >= 4 is 5.69 Å². The molecule has 0 aliphatic rings. The van der Waals surface area contributed by atoms with Crippen LogP contribution in [0.5, 0.6) is 0 Å². The number of nitriles is 1. The number of anilines is 1. The van der Waals surface area contributed by atoms with E-state index in [4.69, 9.17) is 11.0 Å². The van der Waals surface area contributed by atoms with Gasteiger partial charge in [-0.1, -0.05) is 24.3 Å². The van der Waals surface area contributed by atoms with Gasteiger partial charge in [0.15, 0.2) is 0 Å². The summed E-state index contributed by atoms with van der Waals surface area (Å²) in [6.45, 7) is 1.85. The van der Waals surface area contributed by atoms with E-state index in [0.717, 1.165) is 5.69 Å². The lowest BCUT2D eigenvalue weighted by Gasteiger charge is -2.33. The van der Waals surface area contributed by atoms with Gasteiger partial charge in [0.1, 0.15) is 5.82 Å². The van der Waals surface area contributed by atoms with E-state index in [1.54, 1.807) is 30.3 Å². The number of nitrogens with zero attached hydrogens (tertiary/aromatic N) is 2. The number of nitrogens with two attached hydrogens (primary N) is 1. The fourth-order valence-corrected chi connectivity index (χ4v) is 2.51. The van der Waals surface area contributed by atoms with Crippen molar-refractivity contribution in [2.45, 2.75) is 19.0 Å². The fourth-order valence-electron chi connectivity index (χ4n) is 2.51. The summed E-state index contributed by atoms with van der Waals surface area (Å²) in [6.07, 6.45) is 0. The number of rotatable bonds is 4. The Morgan fingerprint density at radius 2 is 1.90 bits per heavy atom. The van der Waals surface area contributed by atoms with Crippen molar-refractivity contribution in [3.8, 4) is 6.07 Å². The lowest BCUT2D eigenvalue weighted by molar-refractivity contribution is 0.517. The number of benzene rings is 2. The van der Waals surface area contributed by atoms with E-state index in [1.165, 1.54) is 6.07 Å². The molecule has 0 heterocycles. The van der Waals surface area contributed by atoms with Gasteiger partial charge in [-0.05, 0) is 31.2 Å². The van der Waals surface area contributed by atoms with Crippen molar-refractivity contribution < 1.29 is 4.39 Å². The molecule has 2 atom stereocenters. The lowest BCUT2D eigenvalue weighted by atomic mass is 9.98. The van der Waals surface area contributed by atoms with Gasteiger partial charge in [-0.3, -0.25) is 0 Å². The Bertz CT molecular complexity index is 661. The van der Waals surface area contributed by atoms with Crippen LogP contribution in [0.3, 0.4) is 0 Å². The Labute approximate surface area is 124 Å². The maximum absolute atomic E-state index is 14.1. The van der Waals surface area contributed by atoms with Gasteiger partial charge in [-0.15, -0.1) is 0 Å². The highest BCUT2D eigenvalue weighted by Crippen LogP contribution is 2.29. The monoisotopic (exact) mass is 283 g/mol. The number of halogens is 1. The van der Waals surface area contributed by atoms with Crippen LogP contribution < -0.4 is 10.6 Å². The van der Waals surface area contributed by atoms with Crippen molar-refractivity contribution in [1.82, 2.24) is 0 Å². The van der Waals surface area contributed by atoms with Gasteiger partial charge in [0.2, 0.25) is 0 Å². The molecular weight excluding hydrogens is 265 g/mol.